The van der Waals surface area contributed by atoms with E-state index in [1.165, 1.54) is 25.7 Å². The molecule has 7 nitrogen and oxygen atoms in total. The Hall–Kier alpha value is -4.78. The van der Waals surface area contributed by atoms with Crippen molar-refractivity contribution in [2.24, 2.45) is 5.92 Å². The zero-order valence-corrected chi connectivity index (χ0v) is 22.0. The summed E-state index contributed by atoms with van der Waals surface area (Å²) in [4.78, 5) is 17.2. The summed E-state index contributed by atoms with van der Waals surface area (Å²) >= 11 is 0. The van der Waals surface area contributed by atoms with Crippen LogP contribution in [0.25, 0.3) is 50.3 Å². The van der Waals surface area contributed by atoms with E-state index < -0.39 is 0 Å². The van der Waals surface area contributed by atoms with Crippen molar-refractivity contribution >= 4 is 27.5 Å². The highest BCUT2D eigenvalue weighted by Gasteiger charge is 2.19. The summed E-state index contributed by atoms with van der Waals surface area (Å²) in [5, 5.41) is 12.3. The molecular formula is C32H31N7. The van der Waals surface area contributed by atoms with Gasteiger partial charge in [-0.15, -0.1) is 0 Å². The molecule has 0 bridgehead atoms. The summed E-state index contributed by atoms with van der Waals surface area (Å²) in [6.07, 6.45) is 16.4. The van der Waals surface area contributed by atoms with Crippen LogP contribution in [0.2, 0.25) is 0 Å². The molecule has 3 N–H and O–H groups in total. The third-order valence-electron chi connectivity index (χ3n) is 7.45. The van der Waals surface area contributed by atoms with Gasteiger partial charge in [-0.2, -0.15) is 5.10 Å². The average Bonchev–Trinajstić information content (AvgIpc) is 3.74. The average molecular weight is 514 g/mol. The van der Waals surface area contributed by atoms with Crippen molar-refractivity contribution in [2.75, 3.05) is 0 Å². The molecule has 1 aliphatic carbocycles. The predicted octanol–water partition coefficient (Wildman–Crippen LogP) is 7.33. The lowest BCUT2D eigenvalue weighted by atomic mass is 10.0. The van der Waals surface area contributed by atoms with Crippen LogP contribution in [0.1, 0.15) is 38.2 Å². The molecular weight excluding hydrogens is 482 g/mol. The maximum atomic E-state index is 4.93. The van der Waals surface area contributed by atoms with Crippen LogP contribution >= 0.6 is 0 Å². The highest BCUT2D eigenvalue weighted by atomic mass is 15.1. The smallest absolute Gasteiger partial charge is 0.159 e. The summed E-state index contributed by atoms with van der Waals surface area (Å²) in [5.41, 5.74) is 9.22. The largest absolute Gasteiger partial charge is 0.359 e. The normalized spacial score (nSPS) is 14.8. The summed E-state index contributed by atoms with van der Waals surface area (Å²) in [7, 11) is 0. The van der Waals surface area contributed by atoms with Crippen molar-refractivity contribution in [3.63, 3.8) is 0 Å². The molecule has 0 aliphatic heterocycles. The summed E-state index contributed by atoms with van der Waals surface area (Å²) in [6, 6.07) is 12.1. The van der Waals surface area contributed by atoms with Gasteiger partial charge in [0.05, 0.1) is 22.9 Å². The van der Waals surface area contributed by atoms with E-state index in [4.69, 9.17) is 4.98 Å². The molecule has 0 spiro atoms. The first-order valence-corrected chi connectivity index (χ1v) is 13.3. The molecule has 1 aliphatic rings. The molecule has 6 rings (SSSR count). The van der Waals surface area contributed by atoms with Crippen LogP contribution in [-0.4, -0.2) is 30.1 Å². The molecule has 1 fully saturated rings. The Kier molecular flexibility index (Phi) is 6.63. The lowest BCUT2D eigenvalue weighted by Crippen LogP contribution is -2.16. The lowest BCUT2D eigenvalue weighted by molar-refractivity contribution is 0.607. The number of aromatic nitrogens is 6. The summed E-state index contributed by atoms with van der Waals surface area (Å²) < 4.78 is 0. The Balaban J connectivity index is 1.35. The summed E-state index contributed by atoms with van der Waals surface area (Å²) in [5.74, 6) is 1.21. The third kappa shape index (κ3) is 4.79. The van der Waals surface area contributed by atoms with Crippen LogP contribution in [0.3, 0.4) is 0 Å². The van der Waals surface area contributed by atoms with E-state index >= 15 is 0 Å². The number of pyridine rings is 2. The van der Waals surface area contributed by atoms with Gasteiger partial charge in [-0.3, -0.25) is 15.1 Å². The van der Waals surface area contributed by atoms with Gasteiger partial charge in [0.1, 0.15) is 11.2 Å². The number of nitrogens with zero attached hydrogens (tertiary/aromatic N) is 4. The summed E-state index contributed by atoms with van der Waals surface area (Å²) in [6.45, 7) is 10.4. The number of rotatable bonds is 8. The Morgan fingerprint density at radius 2 is 1.97 bits per heavy atom. The van der Waals surface area contributed by atoms with Gasteiger partial charge in [0, 0.05) is 34.7 Å². The van der Waals surface area contributed by atoms with Crippen molar-refractivity contribution in [1.82, 2.24) is 35.5 Å². The minimum atomic E-state index is 0.532. The molecule has 0 radical (unpaired) electrons. The van der Waals surface area contributed by atoms with Crippen LogP contribution < -0.4 is 5.32 Å². The second-order valence-electron chi connectivity index (χ2n) is 9.90. The van der Waals surface area contributed by atoms with Crippen LogP contribution in [-0.2, 0) is 0 Å². The van der Waals surface area contributed by atoms with Crippen LogP contribution in [0.4, 0.5) is 0 Å². The Morgan fingerprint density at radius 1 is 1.10 bits per heavy atom. The molecule has 1 saturated carbocycles. The molecule has 7 heteroatoms. The molecule has 194 valence electrons. The van der Waals surface area contributed by atoms with E-state index in [1.54, 1.807) is 18.6 Å². The Labute approximate surface area is 227 Å². The molecule has 39 heavy (non-hydrogen) atoms. The number of fused-ring (bicyclic) bond motifs is 2. The van der Waals surface area contributed by atoms with E-state index in [-0.39, 0.29) is 0 Å². The van der Waals surface area contributed by atoms with E-state index in [1.807, 2.05) is 31.2 Å². The van der Waals surface area contributed by atoms with Gasteiger partial charge in [-0.1, -0.05) is 44.2 Å². The molecule has 4 aromatic heterocycles. The minimum Gasteiger partial charge on any atom is -0.359 e. The van der Waals surface area contributed by atoms with Gasteiger partial charge < -0.3 is 10.3 Å². The molecule has 5 aromatic rings. The number of nitrogens with one attached hydrogen (secondary N) is 3. The molecule has 4 heterocycles. The van der Waals surface area contributed by atoms with Crippen LogP contribution in [0, 0.1) is 5.92 Å². The van der Waals surface area contributed by atoms with Crippen molar-refractivity contribution < 1.29 is 0 Å². The number of hydrogen-bond acceptors (Lipinski definition) is 5. The van der Waals surface area contributed by atoms with E-state index in [2.05, 4.69) is 74.0 Å². The second-order valence-corrected chi connectivity index (χ2v) is 9.90. The second kappa shape index (κ2) is 10.5. The van der Waals surface area contributed by atoms with Crippen molar-refractivity contribution in [1.29, 1.82) is 0 Å². The number of allylic oxidation sites excluding steroid dienone is 5. The van der Waals surface area contributed by atoms with E-state index in [9.17, 15) is 0 Å². The molecule has 0 amide bonds. The molecule has 1 aromatic carbocycles. The fraction of sp³-hybridized carbons (Fsp3) is 0.188. The zero-order valence-electron chi connectivity index (χ0n) is 22.0. The van der Waals surface area contributed by atoms with Gasteiger partial charge in [0.15, 0.2) is 5.82 Å². The SMILES string of the molecule is C=C/C(=C\C(=C/C)c1ccc2[nH]nc(-c3nc4c(-c5ccccn5)cncc4[nH]3)c2c1)NC(=C)C1CCCC1. The predicted molar refractivity (Wildman–Crippen MR) is 158 cm³/mol. The van der Waals surface area contributed by atoms with Crippen LogP contribution in [0.5, 0.6) is 0 Å². The highest BCUT2D eigenvalue weighted by Crippen LogP contribution is 2.32. The van der Waals surface area contributed by atoms with Gasteiger partial charge >= 0.3 is 0 Å². The maximum Gasteiger partial charge on any atom is 0.159 e. The third-order valence-corrected chi connectivity index (χ3v) is 7.45. The number of H-pyrrole nitrogens is 2. The molecule has 0 saturated heterocycles. The van der Waals surface area contributed by atoms with Crippen molar-refractivity contribution in [3.05, 3.63) is 103 Å². The Morgan fingerprint density at radius 3 is 2.74 bits per heavy atom. The van der Waals surface area contributed by atoms with Crippen molar-refractivity contribution in [3.8, 4) is 22.8 Å². The van der Waals surface area contributed by atoms with E-state index in [0.717, 1.165) is 61.4 Å². The van der Waals surface area contributed by atoms with E-state index in [0.29, 0.717) is 11.7 Å². The molecule has 0 atom stereocenters. The standard InChI is InChI=1S/C32H31N7/c1-4-21(16-24(5-2)35-20(3)22-10-6-7-11-22)23-13-14-28-25(17-23)31(39-38-28)32-36-29-19-33-18-26(30(29)37-32)27-12-8-9-15-34-27/h4-5,8-9,12-19,22,35H,2-3,6-7,10-11H2,1H3,(H,36,37)(H,38,39)/b21-4+,24-16+. The quantitative estimate of drug-likeness (QED) is 0.189. The van der Waals surface area contributed by atoms with Crippen molar-refractivity contribution in [2.45, 2.75) is 32.6 Å². The number of aromatic amines is 2. The lowest BCUT2D eigenvalue weighted by Gasteiger charge is -2.17. The van der Waals surface area contributed by atoms with Gasteiger partial charge in [0.2, 0.25) is 0 Å². The first-order valence-electron chi connectivity index (χ1n) is 13.3. The first-order chi connectivity index (χ1) is 19.1. The maximum absolute atomic E-state index is 4.93. The molecule has 0 unspecified atom stereocenters. The van der Waals surface area contributed by atoms with Gasteiger partial charge in [-0.05, 0) is 73.2 Å². The first kappa shape index (κ1) is 24.6. The van der Waals surface area contributed by atoms with Gasteiger partial charge in [-0.25, -0.2) is 4.98 Å². The highest BCUT2D eigenvalue weighted by molar-refractivity contribution is 5.97. The minimum absolute atomic E-state index is 0.532. The Bertz CT molecular complexity index is 1730. The number of imidazole rings is 1. The monoisotopic (exact) mass is 513 g/mol. The van der Waals surface area contributed by atoms with Gasteiger partial charge in [0.25, 0.3) is 0 Å². The van der Waals surface area contributed by atoms with Crippen LogP contribution in [0.15, 0.2) is 97.8 Å². The fourth-order valence-corrected chi connectivity index (χ4v) is 5.34. The zero-order chi connectivity index (χ0) is 26.8. The number of benzene rings is 1. The number of hydrogen-bond donors (Lipinski definition) is 3. The topological polar surface area (TPSA) is 95.2 Å². The fourth-order valence-electron chi connectivity index (χ4n) is 5.34.